The van der Waals surface area contributed by atoms with Crippen molar-refractivity contribution in [2.75, 3.05) is 24.5 Å². The van der Waals surface area contributed by atoms with E-state index >= 15 is 0 Å². The van der Waals surface area contributed by atoms with Gasteiger partial charge in [-0.25, -0.2) is 4.98 Å². The molecule has 1 aliphatic rings. The maximum Gasteiger partial charge on any atom is 0.255 e. The molecular formula is C22H29N3O. The number of amides is 1. The zero-order valence-corrected chi connectivity index (χ0v) is 16.1. The summed E-state index contributed by atoms with van der Waals surface area (Å²) in [5, 5.41) is 3.13. The number of carbonyl (C=O) groups is 1. The van der Waals surface area contributed by atoms with Crippen molar-refractivity contribution in [1.82, 2.24) is 10.3 Å². The number of anilines is 1. The third-order valence-electron chi connectivity index (χ3n) is 5.18. The third-order valence-corrected chi connectivity index (χ3v) is 5.18. The second-order valence-electron chi connectivity index (χ2n) is 7.86. The molecule has 26 heavy (non-hydrogen) atoms. The van der Waals surface area contributed by atoms with Gasteiger partial charge in [-0.05, 0) is 43.9 Å². The van der Waals surface area contributed by atoms with E-state index in [0.717, 1.165) is 31.7 Å². The van der Waals surface area contributed by atoms with Crippen LogP contribution in [0.1, 0.15) is 54.6 Å². The number of aromatic nitrogens is 1. The monoisotopic (exact) mass is 351 g/mol. The number of nitrogens with one attached hydrogen (secondary N) is 1. The van der Waals surface area contributed by atoms with Gasteiger partial charge in [0, 0.05) is 31.2 Å². The molecule has 0 spiro atoms. The molecule has 1 aliphatic heterocycles. The maximum absolute atomic E-state index is 12.9. The first-order chi connectivity index (χ1) is 12.5. The van der Waals surface area contributed by atoms with E-state index in [9.17, 15) is 4.79 Å². The molecule has 3 rings (SSSR count). The van der Waals surface area contributed by atoms with Gasteiger partial charge in [0.15, 0.2) is 0 Å². The summed E-state index contributed by atoms with van der Waals surface area (Å²) in [4.78, 5) is 19.6. The molecule has 138 valence electrons. The van der Waals surface area contributed by atoms with Gasteiger partial charge in [-0.1, -0.05) is 43.7 Å². The number of piperidine rings is 1. The molecule has 2 heterocycles. The summed E-state index contributed by atoms with van der Waals surface area (Å²) >= 11 is 0. The Hall–Kier alpha value is -2.36. The largest absolute Gasteiger partial charge is 0.356 e. The highest BCUT2D eigenvalue weighted by atomic mass is 16.1. The number of aryl methyl sites for hydroxylation is 1. The molecule has 1 amide bonds. The van der Waals surface area contributed by atoms with E-state index < -0.39 is 0 Å². The first kappa shape index (κ1) is 18.4. The van der Waals surface area contributed by atoms with Crippen molar-refractivity contribution >= 4 is 11.7 Å². The summed E-state index contributed by atoms with van der Waals surface area (Å²) in [6, 6.07) is 12.2. The van der Waals surface area contributed by atoms with Gasteiger partial charge in [0.25, 0.3) is 5.91 Å². The molecular weight excluding hydrogens is 322 g/mol. The van der Waals surface area contributed by atoms with E-state index in [0.29, 0.717) is 12.1 Å². The molecule has 2 aromatic rings. The Balaban J connectivity index is 1.72. The average molecular weight is 351 g/mol. The third kappa shape index (κ3) is 4.24. The van der Waals surface area contributed by atoms with Gasteiger partial charge in [0.05, 0.1) is 5.56 Å². The fourth-order valence-electron chi connectivity index (χ4n) is 3.50. The lowest BCUT2D eigenvalue weighted by molar-refractivity contribution is 0.0945. The van der Waals surface area contributed by atoms with Gasteiger partial charge in [-0.2, -0.15) is 0 Å². The molecule has 1 fully saturated rings. The van der Waals surface area contributed by atoms with Gasteiger partial charge in [-0.3, -0.25) is 4.79 Å². The lowest BCUT2D eigenvalue weighted by Gasteiger charge is -2.30. The molecule has 0 aliphatic carbocycles. The fourth-order valence-corrected chi connectivity index (χ4v) is 3.50. The fraction of sp³-hybridized carbons (Fsp3) is 0.455. The van der Waals surface area contributed by atoms with Crippen molar-refractivity contribution in [2.24, 2.45) is 0 Å². The van der Waals surface area contributed by atoms with Crippen LogP contribution < -0.4 is 10.2 Å². The Morgan fingerprint density at radius 3 is 2.65 bits per heavy atom. The highest BCUT2D eigenvalue weighted by Crippen LogP contribution is 2.24. The second-order valence-corrected chi connectivity index (χ2v) is 7.86. The molecule has 0 bridgehead atoms. The van der Waals surface area contributed by atoms with Crippen molar-refractivity contribution in [3.8, 4) is 0 Å². The number of nitrogens with zero attached hydrogens (tertiary/aromatic N) is 2. The van der Waals surface area contributed by atoms with Crippen molar-refractivity contribution < 1.29 is 4.79 Å². The van der Waals surface area contributed by atoms with E-state index in [2.05, 4.69) is 60.2 Å². The van der Waals surface area contributed by atoms with Crippen molar-refractivity contribution in [3.05, 3.63) is 59.3 Å². The summed E-state index contributed by atoms with van der Waals surface area (Å²) in [7, 11) is 0. The van der Waals surface area contributed by atoms with Crippen LogP contribution in [0, 0.1) is 6.92 Å². The molecule has 1 aromatic carbocycles. The van der Waals surface area contributed by atoms with Crippen LogP contribution in [0.2, 0.25) is 0 Å². The van der Waals surface area contributed by atoms with Gasteiger partial charge >= 0.3 is 0 Å². The topological polar surface area (TPSA) is 45.2 Å². The van der Waals surface area contributed by atoms with Crippen molar-refractivity contribution in [3.63, 3.8) is 0 Å². The first-order valence-electron chi connectivity index (χ1n) is 9.53. The molecule has 0 radical (unpaired) electrons. The Morgan fingerprint density at radius 1 is 1.15 bits per heavy atom. The zero-order valence-electron chi connectivity index (χ0n) is 16.1. The standard InChI is InChI=1S/C22H29N3O/c1-17-9-7-10-18(15-17)22(2,3)16-24-21(26)19-11-8-12-23-20(19)25-13-5-4-6-14-25/h7-12,15H,4-6,13-14,16H2,1-3H3,(H,24,26). The number of pyridine rings is 1. The lowest BCUT2D eigenvalue weighted by atomic mass is 9.84. The zero-order chi connectivity index (χ0) is 18.6. The van der Waals surface area contributed by atoms with Crippen LogP contribution in [0.5, 0.6) is 0 Å². The van der Waals surface area contributed by atoms with Crippen LogP contribution in [-0.4, -0.2) is 30.5 Å². The van der Waals surface area contributed by atoms with Crippen LogP contribution in [-0.2, 0) is 5.41 Å². The van der Waals surface area contributed by atoms with Crippen LogP contribution >= 0.6 is 0 Å². The average Bonchev–Trinajstić information content (AvgIpc) is 2.67. The van der Waals surface area contributed by atoms with Gasteiger partial charge in [-0.15, -0.1) is 0 Å². The Bertz CT molecular complexity index is 763. The normalized spacial score (nSPS) is 15.0. The number of hydrogen-bond donors (Lipinski definition) is 1. The van der Waals surface area contributed by atoms with Crippen molar-refractivity contribution in [2.45, 2.75) is 45.4 Å². The molecule has 4 nitrogen and oxygen atoms in total. The minimum absolute atomic E-state index is 0.0422. The molecule has 1 N–H and O–H groups in total. The maximum atomic E-state index is 12.9. The number of hydrogen-bond acceptors (Lipinski definition) is 3. The van der Waals surface area contributed by atoms with E-state index in [1.54, 1.807) is 6.20 Å². The van der Waals surface area contributed by atoms with E-state index in [1.165, 1.54) is 17.5 Å². The lowest BCUT2D eigenvalue weighted by Crippen LogP contribution is -2.38. The van der Waals surface area contributed by atoms with Crippen LogP contribution in [0.4, 0.5) is 5.82 Å². The van der Waals surface area contributed by atoms with E-state index in [4.69, 9.17) is 0 Å². The quantitative estimate of drug-likeness (QED) is 0.882. The Morgan fingerprint density at radius 2 is 1.92 bits per heavy atom. The summed E-state index contributed by atoms with van der Waals surface area (Å²) in [6.45, 7) is 8.97. The summed E-state index contributed by atoms with van der Waals surface area (Å²) in [5.41, 5.74) is 3.02. The number of carbonyl (C=O) groups excluding carboxylic acids is 1. The predicted octanol–water partition coefficient (Wildman–Crippen LogP) is 4.09. The molecule has 0 unspecified atom stereocenters. The molecule has 0 saturated carbocycles. The molecule has 4 heteroatoms. The summed E-state index contributed by atoms with van der Waals surface area (Å²) in [5.74, 6) is 0.775. The Kier molecular flexibility index (Phi) is 5.60. The van der Waals surface area contributed by atoms with E-state index in [-0.39, 0.29) is 11.3 Å². The van der Waals surface area contributed by atoms with Gasteiger partial charge in [0.1, 0.15) is 5.82 Å². The number of benzene rings is 1. The minimum atomic E-state index is -0.130. The van der Waals surface area contributed by atoms with Crippen LogP contribution in [0.3, 0.4) is 0 Å². The molecule has 1 aromatic heterocycles. The van der Waals surface area contributed by atoms with Crippen LogP contribution in [0.25, 0.3) is 0 Å². The number of rotatable bonds is 5. The van der Waals surface area contributed by atoms with Crippen molar-refractivity contribution in [1.29, 1.82) is 0 Å². The summed E-state index contributed by atoms with van der Waals surface area (Å²) < 4.78 is 0. The minimum Gasteiger partial charge on any atom is -0.356 e. The predicted molar refractivity (Wildman–Crippen MR) is 107 cm³/mol. The second kappa shape index (κ2) is 7.90. The molecule has 0 atom stereocenters. The van der Waals surface area contributed by atoms with E-state index in [1.807, 2.05) is 12.1 Å². The first-order valence-corrected chi connectivity index (χ1v) is 9.53. The van der Waals surface area contributed by atoms with Gasteiger partial charge < -0.3 is 10.2 Å². The smallest absolute Gasteiger partial charge is 0.255 e. The molecule has 1 saturated heterocycles. The summed E-state index contributed by atoms with van der Waals surface area (Å²) in [6.07, 6.45) is 5.36. The highest BCUT2D eigenvalue weighted by Gasteiger charge is 2.24. The van der Waals surface area contributed by atoms with Gasteiger partial charge in [0.2, 0.25) is 0 Å². The Labute approximate surface area is 156 Å². The SMILES string of the molecule is Cc1cccc(C(C)(C)CNC(=O)c2cccnc2N2CCCCC2)c1. The van der Waals surface area contributed by atoms with Crippen LogP contribution in [0.15, 0.2) is 42.6 Å². The highest BCUT2D eigenvalue weighted by molar-refractivity contribution is 5.99.